The maximum absolute atomic E-state index is 11.8. The Morgan fingerprint density at radius 3 is 2.40 bits per heavy atom. The second-order valence-electron chi connectivity index (χ2n) is 4.59. The molecule has 0 unspecified atom stereocenters. The van der Waals surface area contributed by atoms with E-state index in [9.17, 15) is 4.79 Å². The average Bonchev–Trinajstić information content (AvgIpc) is 2.48. The maximum atomic E-state index is 11.8. The number of rotatable bonds is 5. The quantitative estimate of drug-likeness (QED) is 0.615. The third kappa shape index (κ3) is 3.85. The Labute approximate surface area is 119 Å². The van der Waals surface area contributed by atoms with Gasteiger partial charge in [0.15, 0.2) is 0 Å². The van der Waals surface area contributed by atoms with Crippen molar-refractivity contribution in [3.05, 3.63) is 59.7 Å². The van der Waals surface area contributed by atoms with Gasteiger partial charge in [0.05, 0.1) is 7.11 Å². The van der Waals surface area contributed by atoms with Gasteiger partial charge >= 0.3 is 5.97 Å². The average molecular weight is 270 g/mol. The Morgan fingerprint density at radius 2 is 1.75 bits per heavy atom. The van der Waals surface area contributed by atoms with Gasteiger partial charge in [-0.1, -0.05) is 30.3 Å². The van der Waals surface area contributed by atoms with Gasteiger partial charge in [0.1, 0.15) is 11.5 Å². The van der Waals surface area contributed by atoms with Gasteiger partial charge in [0.2, 0.25) is 0 Å². The van der Waals surface area contributed by atoms with Gasteiger partial charge in [-0.15, -0.1) is 0 Å². The number of aryl methyl sites for hydroxylation is 2. The molecule has 0 aromatic heterocycles. The molecule has 0 saturated carbocycles. The molecule has 0 N–H and O–H groups in total. The third-order valence-corrected chi connectivity index (χ3v) is 3.09. The lowest BCUT2D eigenvalue weighted by Gasteiger charge is -2.07. The monoisotopic (exact) mass is 270 g/mol. The van der Waals surface area contributed by atoms with Crippen LogP contribution < -0.4 is 9.47 Å². The fraction of sp³-hybridized carbons (Fsp3) is 0.235. The number of esters is 1. The van der Waals surface area contributed by atoms with Gasteiger partial charge in [-0.3, -0.25) is 4.79 Å². The predicted molar refractivity (Wildman–Crippen MR) is 78.1 cm³/mol. The fourth-order valence-electron chi connectivity index (χ4n) is 1.88. The molecule has 0 heterocycles. The molecule has 104 valence electrons. The van der Waals surface area contributed by atoms with Crippen molar-refractivity contribution in [2.45, 2.75) is 19.8 Å². The molecule has 3 nitrogen and oxygen atoms in total. The van der Waals surface area contributed by atoms with Gasteiger partial charge in [0, 0.05) is 6.42 Å². The fourth-order valence-corrected chi connectivity index (χ4v) is 1.88. The van der Waals surface area contributed by atoms with E-state index >= 15 is 0 Å². The van der Waals surface area contributed by atoms with Crippen molar-refractivity contribution in [3.8, 4) is 11.5 Å². The van der Waals surface area contributed by atoms with E-state index in [4.69, 9.17) is 9.47 Å². The van der Waals surface area contributed by atoms with Gasteiger partial charge in [-0.25, -0.2) is 0 Å². The number of carbonyl (C=O) groups is 1. The largest absolute Gasteiger partial charge is 0.497 e. The summed E-state index contributed by atoms with van der Waals surface area (Å²) in [7, 11) is 1.63. The van der Waals surface area contributed by atoms with Crippen molar-refractivity contribution in [1.29, 1.82) is 0 Å². The highest BCUT2D eigenvalue weighted by Gasteiger charge is 2.07. The van der Waals surface area contributed by atoms with Gasteiger partial charge in [-0.2, -0.15) is 0 Å². The van der Waals surface area contributed by atoms with E-state index in [2.05, 4.69) is 0 Å². The molecule has 2 rings (SSSR count). The zero-order valence-electron chi connectivity index (χ0n) is 11.8. The Bertz CT molecular complexity index is 573. The highest BCUT2D eigenvalue weighted by atomic mass is 16.5. The molecule has 0 radical (unpaired) electrons. The van der Waals surface area contributed by atoms with Crippen LogP contribution in [0.3, 0.4) is 0 Å². The molecule has 3 heteroatoms. The molecule has 0 fully saturated rings. The minimum atomic E-state index is -0.213. The van der Waals surface area contributed by atoms with Crippen molar-refractivity contribution in [1.82, 2.24) is 0 Å². The summed E-state index contributed by atoms with van der Waals surface area (Å²) in [5.74, 6) is 1.23. The van der Waals surface area contributed by atoms with Crippen LogP contribution in [0.1, 0.15) is 17.5 Å². The van der Waals surface area contributed by atoms with Crippen LogP contribution in [0.4, 0.5) is 0 Å². The highest BCUT2D eigenvalue weighted by Crippen LogP contribution is 2.17. The van der Waals surface area contributed by atoms with E-state index in [1.165, 1.54) is 0 Å². The Morgan fingerprint density at radius 1 is 1.05 bits per heavy atom. The molecule has 0 amide bonds. The molecular weight excluding hydrogens is 252 g/mol. The lowest BCUT2D eigenvalue weighted by Crippen LogP contribution is -2.09. The van der Waals surface area contributed by atoms with Crippen LogP contribution in [0.25, 0.3) is 0 Å². The lowest BCUT2D eigenvalue weighted by atomic mass is 10.1. The zero-order chi connectivity index (χ0) is 14.4. The summed E-state index contributed by atoms with van der Waals surface area (Å²) < 4.78 is 10.4. The Hall–Kier alpha value is -2.29. The third-order valence-electron chi connectivity index (χ3n) is 3.09. The van der Waals surface area contributed by atoms with E-state index in [1.807, 2.05) is 49.4 Å². The molecule has 0 aliphatic carbocycles. The SMILES string of the molecule is COc1ccc(CCC(=O)Oc2ccccc2C)cc1. The normalized spacial score (nSPS) is 10.1. The van der Waals surface area contributed by atoms with E-state index in [1.54, 1.807) is 13.2 Å². The minimum absolute atomic E-state index is 0.213. The predicted octanol–water partition coefficient (Wildman–Crippen LogP) is 3.54. The minimum Gasteiger partial charge on any atom is -0.497 e. The first-order valence-electron chi connectivity index (χ1n) is 6.58. The summed E-state index contributed by atoms with van der Waals surface area (Å²) in [6.07, 6.45) is 1.02. The van der Waals surface area contributed by atoms with Crippen molar-refractivity contribution >= 4 is 5.97 Å². The molecule has 0 aliphatic heterocycles. The summed E-state index contributed by atoms with van der Waals surface area (Å²) in [6, 6.07) is 15.2. The Kier molecular flexibility index (Phi) is 4.77. The molecule has 2 aromatic rings. The van der Waals surface area contributed by atoms with Crippen LogP contribution in [0.2, 0.25) is 0 Å². The highest BCUT2D eigenvalue weighted by molar-refractivity contribution is 5.73. The number of benzene rings is 2. The van der Waals surface area contributed by atoms with Crippen molar-refractivity contribution < 1.29 is 14.3 Å². The molecule has 0 spiro atoms. The molecule has 0 saturated heterocycles. The summed E-state index contributed by atoms with van der Waals surface area (Å²) in [6.45, 7) is 1.92. The molecule has 0 bridgehead atoms. The first-order chi connectivity index (χ1) is 9.69. The topological polar surface area (TPSA) is 35.5 Å². The number of hydrogen-bond donors (Lipinski definition) is 0. The summed E-state index contributed by atoms with van der Waals surface area (Å²) in [5, 5.41) is 0. The smallest absolute Gasteiger partial charge is 0.311 e. The van der Waals surface area contributed by atoms with E-state index in [0.29, 0.717) is 18.6 Å². The number of methoxy groups -OCH3 is 1. The molecule has 0 atom stereocenters. The van der Waals surface area contributed by atoms with Crippen molar-refractivity contribution in [3.63, 3.8) is 0 Å². The van der Waals surface area contributed by atoms with Crippen LogP contribution >= 0.6 is 0 Å². The summed E-state index contributed by atoms with van der Waals surface area (Å²) in [4.78, 5) is 11.8. The first kappa shape index (κ1) is 14.1. The summed E-state index contributed by atoms with van der Waals surface area (Å²) >= 11 is 0. The van der Waals surface area contributed by atoms with Crippen LogP contribution in [0.15, 0.2) is 48.5 Å². The van der Waals surface area contributed by atoms with Gasteiger partial charge in [-0.05, 0) is 42.7 Å². The molecular formula is C17H18O3. The zero-order valence-corrected chi connectivity index (χ0v) is 11.8. The first-order valence-corrected chi connectivity index (χ1v) is 6.58. The van der Waals surface area contributed by atoms with Crippen LogP contribution in [-0.4, -0.2) is 13.1 Å². The Balaban J connectivity index is 1.87. The van der Waals surface area contributed by atoms with Gasteiger partial charge < -0.3 is 9.47 Å². The van der Waals surface area contributed by atoms with Gasteiger partial charge in [0.25, 0.3) is 0 Å². The molecule has 2 aromatic carbocycles. The standard InChI is InChI=1S/C17H18O3/c1-13-5-3-4-6-16(13)20-17(18)12-9-14-7-10-15(19-2)11-8-14/h3-8,10-11H,9,12H2,1-2H3. The summed E-state index contributed by atoms with van der Waals surface area (Å²) in [5.41, 5.74) is 2.05. The number of para-hydroxylation sites is 1. The second-order valence-corrected chi connectivity index (χ2v) is 4.59. The van der Waals surface area contributed by atoms with Crippen LogP contribution in [0.5, 0.6) is 11.5 Å². The van der Waals surface area contributed by atoms with E-state index in [0.717, 1.165) is 16.9 Å². The van der Waals surface area contributed by atoms with E-state index < -0.39 is 0 Å². The maximum Gasteiger partial charge on any atom is 0.311 e. The molecule has 0 aliphatic rings. The van der Waals surface area contributed by atoms with Crippen LogP contribution in [0, 0.1) is 6.92 Å². The lowest BCUT2D eigenvalue weighted by molar-refractivity contribution is -0.134. The number of carbonyl (C=O) groups excluding carboxylic acids is 1. The van der Waals surface area contributed by atoms with Crippen LogP contribution in [-0.2, 0) is 11.2 Å². The number of hydrogen-bond acceptors (Lipinski definition) is 3. The molecule has 20 heavy (non-hydrogen) atoms. The second kappa shape index (κ2) is 6.75. The van der Waals surface area contributed by atoms with E-state index in [-0.39, 0.29) is 5.97 Å². The number of ether oxygens (including phenoxy) is 2. The van der Waals surface area contributed by atoms with Crippen molar-refractivity contribution in [2.24, 2.45) is 0 Å². The van der Waals surface area contributed by atoms with Crippen molar-refractivity contribution in [2.75, 3.05) is 7.11 Å².